The van der Waals surface area contributed by atoms with Gasteiger partial charge in [-0.2, -0.15) is 0 Å². The lowest BCUT2D eigenvalue weighted by Gasteiger charge is -2.07. The highest BCUT2D eigenvalue weighted by Crippen LogP contribution is 2.06. The van der Waals surface area contributed by atoms with Gasteiger partial charge in [0, 0.05) is 18.0 Å². The highest BCUT2D eigenvalue weighted by atomic mass is 32.1. The molecule has 0 saturated heterocycles. The Balaban J connectivity index is 2.11. The standard InChI is InChI=1S/C8H13NO2S/c10-6-7(11)4-9-5-8-2-1-3-12-8/h1-3,7,9-11H,4-6H2. The number of hydrogen-bond acceptors (Lipinski definition) is 4. The van der Waals surface area contributed by atoms with Crippen molar-refractivity contribution in [2.45, 2.75) is 12.6 Å². The van der Waals surface area contributed by atoms with Gasteiger partial charge in [0.2, 0.25) is 0 Å². The Morgan fingerprint density at radius 2 is 2.42 bits per heavy atom. The van der Waals surface area contributed by atoms with Crippen molar-refractivity contribution in [1.29, 1.82) is 0 Å². The van der Waals surface area contributed by atoms with Crippen molar-refractivity contribution in [3.05, 3.63) is 22.4 Å². The van der Waals surface area contributed by atoms with Crippen molar-refractivity contribution in [2.75, 3.05) is 13.2 Å². The molecule has 1 aromatic heterocycles. The second-order valence-corrected chi connectivity index (χ2v) is 3.58. The molecule has 0 aliphatic carbocycles. The molecule has 3 nitrogen and oxygen atoms in total. The van der Waals surface area contributed by atoms with E-state index in [1.807, 2.05) is 17.5 Å². The van der Waals surface area contributed by atoms with Gasteiger partial charge in [0.15, 0.2) is 0 Å². The summed E-state index contributed by atoms with van der Waals surface area (Å²) in [5, 5.41) is 22.5. The van der Waals surface area contributed by atoms with Crippen LogP contribution in [0.15, 0.2) is 17.5 Å². The first-order valence-electron chi connectivity index (χ1n) is 3.85. The third-order valence-corrected chi connectivity index (χ3v) is 2.35. The summed E-state index contributed by atoms with van der Waals surface area (Å²) in [5.74, 6) is 0. The van der Waals surface area contributed by atoms with E-state index in [9.17, 15) is 0 Å². The molecule has 0 aliphatic rings. The molecule has 1 rings (SSSR count). The van der Waals surface area contributed by atoms with Crippen molar-refractivity contribution < 1.29 is 10.2 Å². The Hall–Kier alpha value is -0.420. The lowest BCUT2D eigenvalue weighted by atomic mass is 10.3. The minimum Gasteiger partial charge on any atom is -0.394 e. The zero-order chi connectivity index (χ0) is 8.81. The molecule has 0 spiro atoms. The van der Waals surface area contributed by atoms with Crippen molar-refractivity contribution in [2.24, 2.45) is 0 Å². The average molecular weight is 187 g/mol. The Kier molecular flexibility index (Phi) is 4.24. The molecule has 0 bridgehead atoms. The van der Waals surface area contributed by atoms with Crippen LogP contribution in [-0.4, -0.2) is 29.5 Å². The quantitative estimate of drug-likeness (QED) is 0.617. The SMILES string of the molecule is OCC(O)CNCc1cccs1. The summed E-state index contributed by atoms with van der Waals surface area (Å²) in [6.07, 6.45) is -0.648. The lowest BCUT2D eigenvalue weighted by molar-refractivity contribution is 0.0943. The van der Waals surface area contributed by atoms with E-state index in [1.54, 1.807) is 11.3 Å². The van der Waals surface area contributed by atoms with Crippen molar-refractivity contribution in [3.8, 4) is 0 Å². The van der Waals surface area contributed by atoms with E-state index in [0.717, 1.165) is 6.54 Å². The molecule has 0 saturated carbocycles. The monoisotopic (exact) mass is 187 g/mol. The molecule has 4 heteroatoms. The predicted octanol–water partition coefficient (Wildman–Crippen LogP) is 0.191. The number of nitrogens with one attached hydrogen (secondary N) is 1. The fourth-order valence-corrected chi connectivity index (χ4v) is 1.51. The molecule has 0 aromatic carbocycles. The molecule has 1 heterocycles. The van der Waals surface area contributed by atoms with Gasteiger partial charge in [-0.1, -0.05) is 6.07 Å². The van der Waals surface area contributed by atoms with Crippen molar-refractivity contribution >= 4 is 11.3 Å². The zero-order valence-corrected chi connectivity index (χ0v) is 7.55. The van der Waals surface area contributed by atoms with Crippen molar-refractivity contribution in [3.63, 3.8) is 0 Å². The van der Waals surface area contributed by atoms with E-state index in [4.69, 9.17) is 10.2 Å². The predicted molar refractivity (Wildman–Crippen MR) is 49.1 cm³/mol. The minimum atomic E-state index is -0.648. The van der Waals surface area contributed by atoms with Gasteiger partial charge in [-0.05, 0) is 11.4 Å². The molecule has 0 amide bonds. The van der Waals surface area contributed by atoms with Crippen LogP contribution in [0.1, 0.15) is 4.88 Å². The molecule has 1 aromatic rings. The summed E-state index contributed by atoms with van der Waals surface area (Å²) in [6.45, 7) is 1.01. The maximum Gasteiger partial charge on any atom is 0.0895 e. The van der Waals surface area contributed by atoms with Gasteiger partial charge in [-0.15, -0.1) is 11.3 Å². The molecule has 0 radical (unpaired) electrons. The first kappa shape index (κ1) is 9.67. The first-order valence-corrected chi connectivity index (χ1v) is 4.73. The van der Waals surface area contributed by atoms with E-state index in [1.165, 1.54) is 4.88 Å². The average Bonchev–Trinajstić information content (AvgIpc) is 2.57. The number of hydrogen-bond donors (Lipinski definition) is 3. The highest BCUT2D eigenvalue weighted by molar-refractivity contribution is 7.09. The second kappa shape index (κ2) is 5.27. The Bertz CT molecular complexity index is 201. The van der Waals surface area contributed by atoms with Crippen LogP contribution in [0.5, 0.6) is 0 Å². The summed E-state index contributed by atoms with van der Waals surface area (Å²) < 4.78 is 0. The van der Waals surface area contributed by atoms with E-state index >= 15 is 0 Å². The summed E-state index contributed by atoms with van der Waals surface area (Å²) in [6, 6.07) is 4.02. The van der Waals surface area contributed by atoms with Gasteiger partial charge in [0.25, 0.3) is 0 Å². The Morgan fingerprint density at radius 1 is 1.58 bits per heavy atom. The topological polar surface area (TPSA) is 52.5 Å². The molecule has 1 atom stereocenters. The van der Waals surface area contributed by atoms with Crippen LogP contribution < -0.4 is 5.32 Å². The van der Waals surface area contributed by atoms with Crippen LogP contribution in [0.4, 0.5) is 0 Å². The van der Waals surface area contributed by atoms with Gasteiger partial charge in [-0.3, -0.25) is 0 Å². The smallest absolute Gasteiger partial charge is 0.0895 e. The number of aliphatic hydroxyl groups is 2. The van der Waals surface area contributed by atoms with Crippen LogP contribution in [0.2, 0.25) is 0 Å². The highest BCUT2D eigenvalue weighted by Gasteiger charge is 2.00. The van der Waals surface area contributed by atoms with E-state index in [2.05, 4.69) is 5.32 Å². The third-order valence-electron chi connectivity index (χ3n) is 1.47. The summed E-state index contributed by atoms with van der Waals surface area (Å²) in [5.41, 5.74) is 0. The van der Waals surface area contributed by atoms with Gasteiger partial charge in [0.1, 0.15) is 0 Å². The van der Waals surface area contributed by atoms with E-state index < -0.39 is 6.10 Å². The third kappa shape index (κ3) is 3.32. The summed E-state index contributed by atoms with van der Waals surface area (Å²) in [4.78, 5) is 1.24. The summed E-state index contributed by atoms with van der Waals surface area (Å²) >= 11 is 1.68. The number of thiophene rings is 1. The fourth-order valence-electron chi connectivity index (χ4n) is 0.840. The largest absolute Gasteiger partial charge is 0.394 e. The molecule has 0 aliphatic heterocycles. The molecule has 1 unspecified atom stereocenters. The molecule has 0 fully saturated rings. The number of aliphatic hydroxyl groups excluding tert-OH is 2. The Morgan fingerprint density at radius 3 is 3.00 bits per heavy atom. The van der Waals surface area contributed by atoms with E-state index in [0.29, 0.717) is 6.54 Å². The van der Waals surface area contributed by atoms with Crippen LogP contribution in [0.25, 0.3) is 0 Å². The summed E-state index contributed by atoms with van der Waals surface area (Å²) in [7, 11) is 0. The number of rotatable bonds is 5. The minimum absolute atomic E-state index is 0.183. The lowest BCUT2D eigenvalue weighted by Crippen LogP contribution is -2.28. The fraction of sp³-hybridized carbons (Fsp3) is 0.500. The molecule has 68 valence electrons. The molecular weight excluding hydrogens is 174 g/mol. The molecule has 12 heavy (non-hydrogen) atoms. The van der Waals surface area contributed by atoms with Gasteiger partial charge >= 0.3 is 0 Å². The zero-order valence-electron chi connectivity index (χ0n) is 6.73. The van der Waals surface area contributed by atoms with Crippen LogP contribution >= 0.6 is 11.3 Å². The maximum absolute atomic E-state index is 8.98. The van der Waals surface area contributed by atoms with Crippen LogP contribution in [0, 0.1) is 0 Å². The Labute approximate surface area is 75.7 Å². The first-order chi connectivity index (χ1) is 5.83. The van der Waals surface area contributed by atoms with Crippen LogP contribution in [-0.2, 0) is 6.54 Å². The maximum atomic E-state index is 8.98. The molecular formula is C8H13NO2S. The molecule has 3 N–H and O–H groups in total. The van der Waals surface area contributed by atoms with Gasteiger partial charge < -0.3 is 15.5 Å². The van der Waals surface area contributed by atoms with Gasteiger partial charge in [0.05, 0.1) is 12.7 Å². The normalized spacial score (nSPS) is 13.2. The van der Waals surface area contributed by atoms with E-state index in [-0.39, 0.29) is 6.61 Å². The van der Waals surface area contributed by atoms with Gasteiger partial charge in [-0.25, -0.2) is 0 Å². The van der Waals surface area contributed by atoms with Crippen molar-refractivity contribution in [1.82, 2.24) is 5.32 Å². The van der Waals surface area contributed by atoms with Crippen LogP contribution in [0.3, 0.4) is 0 Å². The second-order valence-electron chi connectivity index (χ2n) is 2.55.